The van der Waals surface area contributed by atoms with Crippen LogP contribution in [-0.4, -0.2) is 43.2 Å². The number of hydrogen-bond acceptors (Lipinski definition) is 6. The zero-order chi connectivity index (χ0) is 15.3. The van der Waals surface area contributed by atoms with E-state index in [0.717, 1.165) is 23.0 Å². The fourth-order valence-corrected chi connectivity index (χ4v) is 5.50. The molecule has 0 radical (unpaired) electrons. The lowest BCUT2D eigenvalue weighted by Gasteiger charge is -2.22. The van der Waals surface area contributed by atoms with Gasteiger partial charge in [-0.1, -0.05) is 0 Å². The lowest BCUT2D eigenvalue weighted by molar-refractivity contribution is -0.123. The van der Waals surface area contributed by atoms with Gasteiger partial charge in [0.15, 0.2) is 0 Å². The monoisotopic (exact) mass is 352 g/mol. The molecule has 0 spiro atoms. The normalized spacial score (nSPS) is 21.7. The number of carbonyl (C=O) groups excluding carboxylic acids is 2. The van der Waals surface area contributed by atoms with Gasteiger partial charge in [-0.2, -0.15) is 31.9 Å². The van der Waals surface area contributed by atoms with Crippen LogP contribution in [0.15, 0.2) is 0 Å². The zero-order valence-corrected chi connectivity index (χ0v) is 14.1. The van der Waals surface area contributed by atoms with Gasteiger partial charge in [0.25, 0.3) is 0 Å². The number of hydrogen-bond donors (Lipinski definition) is 2. The van der Waals surface area contributed by atoms with Crippen molar-refractivity contribution < 1.29 is 18.0 Å². The summed E-state index contributed by atoms with van der Waals surface area (Å²) in [5.41, 5.74) is 0. The smallest absolute Gasteiger partial charge is 0.274 e. The van der Waals surface area contributed by atoms with Gasteiger partial charge in [-0.15, -0.1) is 0 Å². The molecule has 0 atom stereocenters. The molecule has 120 valence electrons. The molecular weight excluding hydrogens is 332 g/mol. The Morgan fingerprint density at radius 2 is 1.10 bits per heavy atom. The fraction of sp³-hybridized carbons (Fsp3) is 0.833. The molecule has 2 amide bonds. The Bertz CT molecular complexity index is 445. The average Bonchev–Trinajstić information content (AvgIpc) is 2.48. The Kier molecular flexibility index (Phi) is 6.24. The first kappa shape index (κ1) is 17.0. The Hall–Kier alpha value is -0.410. The molecule has 21 heavy (non-hydrogen) atoms. The highest BCUT2D eigenvalue weighted by Crippen LogP contribution is 2.24. The summed E-state index contributed by atoms with van der Waals surface area (Å²) < 4.78 is 27.7. The predicted molar refractivity (Wildman–Crippen MR) is 85.3 cm³/mol. The summed E-state index contributed by atoms with van der Waals surface area (Å²) in [6.45, 7) is 0. The van der Waals surface area contributed by atoms with E-state index in [1.54, 1.807) is 23.5 Å². The maximum atomic E-state index is 11.9. The fourth-order valence-electron chi connectivity index (χ4n) is 2.38. The molecule has 0 unspecified atom stereocenters. The number of amides is 2. The third kappa shape index (κ3) is 5.37. The summed E-state index contributed by atoms with van der Waals surface area (Å²) in [5.74, 6) is 1.90. The highest BCUT2D eigenvalue weighted by atomic mass is 32.2. The molecule has 0 aliphatic carbocycles. The highest BCUT2D eigenvalue weighted by Gasteiger charge is 2.28. The van der Waals surface area contributed by atoms with E-state index in [0.29, 0.717) is 25.7 Å². The SMILES string of the molecule is O=C(NS(=O)(=O)NC(=O)C1CCSCC1)C1CCSCC1. The summed E-state index contributed by atoms with van der Waals surface area (Å²) >= 11 is 3.52. The molecule has 9 heteroatoms. The van der Waals surface area contributed by atoms with E-state index in [1.807, 2.05) is 9.44 Å². The standard InChI is InChI=1S/C12H20N2O4S3/c15-11(9-1-5-19-6-2-9)13-21(17,18)14-12(16)10-3-7-20-8-4-10/h9-10H,1-8H2,(H,13,15)(H,14,16). The van der Waals surface area contributed by atoms with Crippen LogP contribution in [0.4, 0.5) is 0 Å². The van der Waals surface area contributed by atoms with Crippen LogP contribution < -0.4 is 9.44 Å². The van der Waals surface area contributed by atoms with Crippen molar-refractivity contribution in [1.82, 2.24) is 9.44 Å². The van der Waals surface area contributed by atoms with E-state index in [2.05, 4.69) is 0 Å². The van der Waals surface area contributed by atoms with E-state index < -0.39 is 22.0 Å². The van der Waals surface area contributed by atoms with Crippen molar-refractivity contribution in [3.8, 4) is 0 Å². The minimum Gasteiger partial charge on any atom is -0.274 e. The van der Waals surface area contributed by atoms with Crippen molar-refractivity contribution in [1.29, 1.82) is 0 Å². The molecule has 0 aromatic rings. The molecule has 2 rings (SSSR count). The summed E-state index contributed by atoms with van der Waals surface area (Å²) in [4.78, 5) is 23.8. The molecule has 6 nitrogen and oxygen atoms in total. The van der Waals surface area contributed by atoms with Crippen molar-refractivity contribution >= 4 is 45.5 Å². The Balaban J connectivity index is 1.85. The summed E-state index contributed by atoms with van der Waals surface area (Å²) in [6, 6.07) is 0. The largest absolute Gasteiger partial charge is 0.325 e. The van der Waals surface area contributed by atoms with Crippen LogP contribution >= 0.6 is 23.5 Å². The van der Waals surface area contributed by atoms with E-state index >= 15 is 0 Å². The van der Waals surface area contributed by atoms with Gasteiger partial charge >= 0.3 is 10.2 Å². The second-order valence-corrected chi connectivity index (χ2v) is 9.07. The van der Waals surface area contributed by atoms with Crippen LogP contribution in [0, 0.1) is 11.8 Å². The van der Waals surface area contributed by atoms with Crippen LogP contribution in [0.1, 0.15) is 25.7 Å². The maximum absolute atomic E-state index is 11.9. The minimum atomic E-state index is -4.09. The van der Waals surface area contributed by atoms with Gasteiger partial charge in [0, 0.05) is 11.8 Å². The van der Waals surface area contributed by atoms with Crippen molar-refractivity contribution in [2.75, 3.05) is 23.0 Å². The molecule has 0 aromatic heterocycles. The van der Waals surface area contributed by atoms with Crippen molar-refractivity contribution in [3.63, 3.8) is 0 Å². The van der Waals surface area contributed by atoms with Gasteiger partial charge in [0.2, 0.25) is 11.8 Å². The molecule has 2 saturated heterocycles. The van der Waals surface area contributed by atoms with E-state index in [4.69, 9.17) is 0 Å². The zero-order valence-electron chi connectivity index (χ0n) is 11.7. The van der Waals surface area contributed by atoms with Crippen molar-refractivity contribution in [2.45, 2.75) is 25.7 Å². The molecule has 0 bridgehead atoms. The van der Waals surface area contributed by atoms with Gasteiger partial charge in [-0.25, -0.2) is 9.44 Å². The summed E-state index contributed by atoms with van der Waals surface area (Å²) in [5, 5.41) is 0. The van der Waals surface area contributed by atoms with Crippen molar-refractivity contribution in [2.24, 2.45) is 11.8 Å². The quantitative estimate of drug-likeness (QED) is 0.776. The third-order valence-corrected chi connectivity index (χ3v) is 6.69. The molecule has 2 aliphatic heterocycles. The Labute approximate surface area is 133 Å². The van der Waals surface area contributed by atoms with E-state index in [1.165, 1.54) is 0 Å². The van der Waals surface area contributed by atoms with Crippen LogP contribution in [-0.2, 0) is 19.8 Å². The van der Waals surface area contributed by atoms with Gasteiger partial charge in [-0.3, -0.25) is 9.59 Å². The van der Waals surface area contributed by atoms with Gasteiger partial charge in [0.05, 0.1) is 0 Å². The van der Waals surface area contributed by atoms with Gasteiger partial charge in [-0.05, 0) is 48.7 Å². The van der Waals surface area contributed by atoms with Gasteiger partial charge in [0.1, 0.15) is 0 Å². The van der Waals surface area contributed by atoms with Crippen molar-refractivity contribution in [3.05, 3.63) is 0 Å². The molecule has 2 heterocycles. The first-order valence-corrected chi connectivity index (χ1v) is 10.8. The Morgan fingerprint density at radius 1 is 0.762 bits per heavy atom. The summed E-state index contributed by atoms with van der Waals surface area (Å²) in [6.07, 6.45) is 2.72. The van der Waals surface area contributed by atoms with Crippen LogP contribution in [0.5, 0.6) is 0 Å². The Morgan fingerprint density at radius 3 is 1.43 bits per heavy atom. The molecule has 2 N–H and O–H groups in total. The third-order valence-electron chi connectivity index (χ3n) is 3.65. The van der Waals surface area contributed by atoms with Crippen LogP contribution in [0.2, 0.25) is 0 Å². The number of rotatable bonds is 4. The number of nitrogens with one attached hydrogen (secondary N) is 2. The second-order valence-electron chi connectivity index (χ2n) is 5.21. The lowest BCUT2D eigenvalue weighted by Crippen LogP contribution is -2.47. The lowest BCUT2D eigenvalue weighted by atomic mass is 10.0. The van der Waals surface area contributed by atoms with Crippen LogP contribution in [0.3, 0.4) is 0 Å². The molecule has 0 saturated carbocycles. The minimum absolute atomic E-state index is 0.274. The molecular formula is C12H20N2O4S3. The topological polar surface area (TPSA) is 92.3 Å². The first-order valence-electron chi connectivity index (χ1n) is 7.01. The first-order chi connectivity index (χ1) is 9.98. The van der Waals surface area contributed by atoms with E-state index in [-0.39, 0.29) is 11.8 Å². The average molecular weight is 353 g/mol. The van der Waals surface area contributed by atoms with Crippen LogP contribution in [0.25, 0.3) is 0 Å². The predicted octanol–water partition coefficient (Wildman–Crippen LogP) is 0.750. The summed E-state index contributed by atoms with van der Waals surface area (Å²) in [7, 11) is -4.09. The highest BCUT2D eigenvalue weighted by molar-refractivity contribution is 7.99. The van der Waals surface area contributed by atoms with E-state index in [9.17, 15) is 18.0 Å². The number of carbonyl (C=O) groups is 2. The molecule has 0 aromatic carbocycles. The number of thioether (sulfide) groups is 2. The maximum Gasteiger partial charge on any atom is 0.325 e. The second kappa shape index (κ2) is 7.73. The molecule has 2 aliphatic rings. The van der Waals surface area contributed by atoms with Gasteiger partial charge < -0.3 is 0 Å². The molecule has 2 fully saturated rings.